The molecule has 10 heteroatoms. The third-order valence-electron chi connectivity index (χ3n) is 5.10. The van der Waals surface area contributed by atoms with Crippen molar-refractivity contribution in [1.29, 1.82) is 0 Å². The molecule has 1 saturated carbocycles. The number of thiazole rings is 1. The van der Waals surface area contributed by atoms with Crippen LogP contribution in [-0.2, 0) is 15.8 Å². The molecule has 1 aromatic heterocycles. The molecule has 2 heterocycles. The zero-order chi connectivity index (χ0) is 22.2. The fraction of sp³-hybridized carbons (Fsp3) is 0.136. The number of fused-ring (bicyclic) bond motifs is 1. The molecule has 1 aliphatic carbocycles. The van der Waals surface area contributed by atoms with Gasteiger partial charge in [0.25, 0.3) is 11.8 Å². The van der Waals surface area contributed by atoms with E-state index in [1.807, 2.05) is 5.38 Å². The Balaban J connectivity index is 1.37. The molecular formula is C22H17N4O4S2-. The van der Waals surface area contributed by atoms with E-state index in [0.717, 1.165) is 12.8 Å². The summed E-state index contributed by atoms with van der Waals surface area (Å²) in [5.41, 5.74) is 2.16. The van der Waals surface area contributed by atoms with Gasteiger partial charge in [-0.2, -0.15) is 0 Å². The monoisotopic (exact) mass is 465 g/mol. The summed E-state index contributed by atoms with van der Waals surface area (Å²) in [5, 5.41) is 20.9. The summed E-state index contributed by atoms with van der Waals surface area (Å²) < 4.78 is 13.3. The van der Waals surface area contributed by atoms with Gasteiger partial charge < -0.3 is 20.3 Å². The molecule has 1 unspecified atom stereocenters. The van der Waals surface area contributed by atoms with Crippen LogP contribution in [0.1, 0.15) is 33.8 Å². The summed E-state index contributed by atoms with van der Waals surface area (Å²) >= 11 is 1.39. The molecule has 0 radical (unpaired) electrons. The highest BCUT2D eigenvalue weighted by Gasteiger charge is 2.26. The molecule has 162 valence electrons. The summed E-state index contributed by atoms with van der Waals surface area (Å²) in [6, 6.07) is 11.0. The predicted octanol–water partition coefficient (Wildman–Crippen LogP) is 3.56. The first-order valence-electron chi connectivity index (χ1n) is 9.86. The summed E-state index contributed by atoms with van der Waals surface area (Å²) in [7, 11) is -2.05. The van der Waals surface area contributed by atoms with E-state index in [-0.39, 0.29) is 28.4 Å². The van der Waals surface area contributed by atoms with Crippen LogP contribution in [0.5, 0.6) is 0 Å². The number of hydrogen-bond acceptors (Lipinski definition) is 6. The molecule has 1 aliphatic heterocycles. The fourth-order valence-corrected chi connectivity index (χ4v) is 4.75. The van der Waals surface area contributed by atoms with E-state index in [1.54, 1.807) is 30.5 Å². The number of carbonyl (C=O) groups excluding carboxylic acids is 2. The third kappa shape index (κ3) is 4.07. The van der Waals surface area contributed by atoms with E-state index >= 15 is 0 Å². The number of nitrogens with one attached hydrogen (secondary N) is 2. The topological polar surface area (TPSA) is 114 Å². The van der Waals surface area contributed by atoms with Gasteiger partial charge in [-0.1, -0.05) is 0 Å². The fourth-order valence-electron chi connectivity index (χ4n) is 3.27. The number of aromatic nitrogens is 1. The molecule has 3 aromatic rings. The number of rotatable bonds is 6. The normalized spacial score (nSPS) is 17.0. The standard InChI is InChI=1S/C22H17N4O4S2/c27-21(24-14-3-4-14)13-1-5-15(6-2-13)26(29)32(30)16-7-8-19-17(11-16)18(22(28)25-19)12-20-23-9-10-31-20/h1-2,5-12,14H,3-4H2,(H,24,27)(H,25,28)/q-1/b18-12+. The number of amides is 2. The van der Waals surface area contributed by atoms with Crippen molar-refractivity contribution in [1.82, 2.24) is 10.3 Å². The molecule has 0 bridgehead atoms. The van der Waals surface area contributed by atoms with E-state index in [4.69, 9.17) is 0 Å². The average Bonchev–Trinajstić information content (AvgIpc) is 3.36. The second kappa shape index (κ2) is 8.30. The maximum absolute atomic E-state index is 12.9. The largest absolute Gasteiger partial charge is 0.746 e. The van der Waals surface area contributed by atoms with Crippen molar-refractivity contribution in [2.24, 2.45) is 0 Å². The smallest absolute Gasteiger partial charge is 0.256 e. The summed E-state index contributed by atoms with van der Waals surface area (Å²) in [5.74, 6) is -0.467. The van der Waals surface area contributed by atoms with Gasteiger partial charge in [-0.05, 0) is 61.4 Å². The van der Waals surface area contributed by atoms with Gasteiger partial charge in [-0.15, -0.1) is 11.3 Å². The second-order valence-electron chi connectivity index (χ2n) is 7.39. The lowest BCUT2D eigenvalue weighted by Crippen LogP contribution is -2.25. The van der Waals surface area contributed by atoms with Gasteiger partial charge in [0.1, 0.15) is 16.0 Å². The minimum atomic E-state index is -2.05. The van der Waals surface area contributed by atoms with Gasteiger partial charge in [-0.3, -0.25) is 9.59 Å². The van der Waals surface area contributed by atoms with Crippen molar-refractivity contribution in [3.8, 4) is 0 Å². The Hall–Kier alpha value is -3.34. The minimum Gasteiger partial charge on any atom is -0.746 e. The lowest BCUT2D eigenvalue weighted by atomic mass is 10.1. The molecule has 32 heavy (non-hydrogen) atoms. The number of carbonyl (C=O) groups is 2. The maximum Gasteiger partial charge on any atom is 0.256 e. The molecule has 2 amide bonds. The van der Waals surface area contributed by atoms with Gasteiger partial charge in [0.2, 0.25) is 0 Å². The highest BCUT2D eigenvalue weighted by atomic mass is 32.2. The van der Waals surface area contributed by atoms with Crippen LogP contribution >= 0.6 is 11.3 Å². The van der Waals surface area contributed by atoms with Crippen LogP contribution in [0, 0.1) is 5.21 Å². The maximum atomic E-state index is 12.9. The Morgan fingerprint density at radius 2 is 2.03 bits per heavy atom. The van der Waals surface area contributed by atoms with Crippen LogP contribution in [0.15, 0.2) is 58.9 Å². The first kappa shape index (κ1) is 20.6. The number of anilines is 2. The van der Waals surface area contributed by atoms with Crippen LogP contribution in [-0.4, -0.2) is 27.0 Å². The van der Waals surface area contributed by atoms with E-state index in [0.29, 0.717) is 31.9 Å². The summed E-state index contributed by atoms with van der Waals surface area (Å²) in [6.07, 6.45) is 5.28. The Labute approximate surface area is 190 Å². The van der Waals surface area contributed by atoms with Gasteiger partial charge >= 0.3 is 0 Å². The van der Waals surface area contributed by atoms with E-state index in [1.165, 1.54) is 35.6 Å². The molecule has 2 aliphatic rings. The average molecular weight is 466 g/mol. The molecule has 0 spiro atoms. The Morgan fingerprint density at radius 3 is 2.72 bits per heavy atom. The van der Waals surface area contributed by atoms with Gasteiger partial charge in [0, 0.05) is 40.1 Å². The van der Waals surface area contributed by atoms with Crippen LogP contribution in [0.4, 0.5) is 11.4 Å². The zero-order valence-electron chi connectivity index (χ0n) is 16.6. The van der Waals surface area contributed by atoms with Crippen molar-refractivity contribution in [2.45, 2.75) is 23.8 Å². The van der Waals surface area contributed by atoms with Gasteiger partial charge in [0.15, 0.2) is 0 Å². The van der Waals surface area contributed by atoms with Crippen molar-refractivity contribution in [3.63, 3.8) is 0 Å². The van der Waals surface area contributed by atoms with Crippen LogP contribution < -0.4 is 15.1 Å². The first-order valence-corrected chi connectivity index (χ1v) is 11.9. The molecule has 2 N–H and O–H groups in total. The SMILES string of the molecule is O=C1Nc2ccc(S(=O)N([O-])c3ccc(C(=O)NC4CC4)cc3)cc2/C1=C\c1nccs1. The molecule has 8 nitrogen and oxygen atoms in total. The Kier molecular flexibility index (Phi) is 5.33. The highest BCUT2D eigenvalue weighted by Crippen LogP contribution is 2.35. The number of hydrogen-bond donors (Lipinski definition) is 2. The second-order valence-corrected chi connectivity index (χ2v) is 9.62. The van der Waals surface area contributed by atoms with E-state index in [9.17, 15) is 19.0 Å². The van der Waals surface area contributed by atoms with Crippen molar-refractivity contribution in [3.05, 3.63) is 75.4 Å². The number of nitrogens with zero attached hydrogens (tertiary/aromatic N) is 2. The molecule has 1 fully saturated rings. The van der Waals surface area contributed by atoms with Crippen LogP contribution in [0.25, 0.3) is 11.6 Å². The molecule has 1 atom stereocenters. The summed E-state index contributed by atoms with van der Waals surface area (Å²) in [4.78, 5) is 28.9. The highest BCUT2D eigenvalue weighted by molar-refractivity contribution is 7.86. The van der Waals surface area contributed by atoms with Gasteiger partial charge in [0.05, 0.1) is 10.5 Å². The van der Waals surface area contributed by atoms with Crippen LogP contribution in [0.2, 0.25) is 0 Å². The number of benzene rings is 2. The Morgan fingerprint density at radius 1 is 1.25 bits per heavy atom. The third-order valence-corrected chi connectivity index (χ3v) is 6.99. The van der Waals surface area contributed by atoms with E-state index in [2.05, 4.69) is 15.6 Å². The minimum absolute atomic E-state index is 0.166. The molecule has 2 aromatic carbocycles. The van der Waals surface area contributed by atoms with Crippen molar-refractivity contribution < 1.29 is 13.8 Å². The molecule has 0 saturated heterocycles. The molecule has 5 rings (SSSR count). The lowest BCUT2D eigenvalue weighted by molar-refractivity contribution is -0.110. The predicted molar refractivity (Wildman–Crippen MR) is 124 cm³/mol. The lowest BCUT2D eigenvalue weighted by Gasteiger charge is -2.29. The summed E-state index contributed by atoms with van der Waals surface area (Å²) in [6.45, 7) is 0. The first-order chi connectivity index (χ1) is 15.5. The quantitative estimate of drug-likeness (QED) is 0.427. The van der Waals surface area contributed by atoms with Crippen molar-refractivity contribution in [2.75, 3.05) is 9.79 Å². The Bertz CT molecular complexity index is 1250. The van der Waals surface area contributed by atoms with Gasteiger partial charge in [-0.25, -0.2) is 9.19 Å². The zero-order valence-corrected chi connectivity index (χ0v) is 18.2. The molecular weight excluding hydrogens is 448 g/mol. The van der Waals surface area contributed by atoms with E-state index < -0.39 is 11.0 Å². The van der Waals surface area contributed by atoms with Crippen molar-refractivity contribution >= 4 is 57.2 Å². The van der Waals surface area contributed by atoms with Crippen LogP contribution in [0.3, 0.4) is 0 Å².